The molecule has 0 nitrogen and oxygen atoms in total. The van der Waals surface area contributed by atoms with Gasteiger partial charge in [0.25, 0.3) is 0 Å². The molecule has 4 aromatic carbocycles. The Kier molecular flexibility index (Phi) is 8.91. The molecular formula is C40H22. The van der Waals surface area contributed by atoms with E-state index in [-0.39, 0.29) is 0 Å². The number of terminal acetylenes is 4. The van der Waals surface area contributed by atoms with Gasteiger partial charge in [0, 0.05) is 33.4 Å². The lowest BCUT2D eigenvalue weighted by molar-refractivity contribution is 1.55. The molecule has 0 saturated carbocycles. The Balaban J connectivity index is 1.85. The zero-order valence-corrected chi connectivity index (χ0v) is 21.7. The maximum Gasteiger partial charge on any atom is 0.0249 e. The van der Waals surface area contributed by atoms with Crippen molar-refractivity contribution in [3.63, 3.8) is 0 Å². The third-order valence-electron chi connectivity index (χ3n) is 5.98. The van der Waals surface area contributed by atoms with Gasteiger partial charge in [-0.15, -0.1) is 25.7 Å². The zero-order valence-electron chi connectivity index (χ0n) is 21.7. The number of hydrogen-bond donors (Lipinski definition) is 0. The van der Waals surface area contributed by atoms with Crippen molar-refractivity contribution < 1.29 is 0 Å². The van der Waals surface area contributed by atoms with Crippen molar-refractivity contribution >= 4 is 11.1 Å². The summed E-state index contributed by atoms with van der Waals surface area (Å²) in [6, 6.07) is 30.7. The first-order valence-electron chi connectivity index (χ1n) is 12.3. The maximum atomic E-state index is 5.60. The topological polar surface area (TPSA) is 0 Å². The molecule has 0 spiro atoms. The van der Waals surface area contributed by atoms with E-state index in [0.717, 1.165) is 55.7 Å². The van der Waals surface area contributed by atoms with Crippen molar-refractivity contribution in [1.82, 2.24) is 0 Å². The van der Waals surface area contributed by atoms with Gasteiger partial charge in [0.05, 0.1) is 0 Å². The van der Waals surface area contributed by atoms with Crippen LogP contribution in [0.3, 0.4) is 0 Å². The highest BCUT2D eigenvalue weighted by Gasteiger charge is 2.11. The minimum Gasteiger partial charge on any atom is -0.115 e. The van der Waals surface area contributed by atoms with Gasteiger partial charge in [-0.05, 0) is 107 Å². The second-order valence-electron chi connectivity index (χ2n) is 8.54. The lowest BCUT2D eigenvalue weighted by Crippen LogP contribution is -1.92. The summed E-state index contributed by atoms with van der Waals surface area (Å²) in [6.07, 6.45) is 25.9. The predicted octanol–water partition coefficient (Wildman–Crippen LogP) is 7.18. The Labute approximate surface area is 237 Å². The highest BCUT2D eigenvalue weighted by molar-refractivity contribution is 6.06. The Hall–Kier alpha value is -6.28. The fourth-order valence-electron chi connectivity index (χ4n) is 3.81. The first kappa shape index (κ1) is 26.8. The molecule has 0 heteroatoms. The van der Waals surface area contributed by atoms with Crippen LogP contribution in [0.1, 0.15) is 44.5 Å². The largest absolute Gasteiger partial charge is 0.115 e. The van der Waals surface area contributed by atoms with E-state index < -0.39 is 0 Å². The number of hydrogen-bond acceptors (Lipinski definition) is 0. The fraction of sp³-hybridized carbons (Fsp3) is 0. The monoisotopic (exact) mass is 502 g/mol. The molecule has 0 N–H and O–H groups in total. The molecule has 0 aliphatic carbocycles. The van der Waals surface area contributed by atoms with Crippen molar-refractivity contribution in [3.05, 3.63) is 154 Å². The summed E-state index contributed by atoms with van der Waals surface area (Å²) in [5.41, 5.74) is 8.60. The van der Waals surface area contributed by atoms with Crippen LogP contribution in [0.4, 0.5) is 0 Å². The third kappa shape index (κ3) is 6.93. The maximum absolute atomic E-state index is 5.60. The first-order chi connectivity index (χ1) is 19.6. The summed E-state index contributed by atoms with van der Waals surface area (Å²) in [7, 11) is 0. The van der Waals surface area contributed by atoms with E-state index in [2.05, 4.69) is 47.4 Å². The van der Waals surface area contributed by atoms with E-state index in [9.17, 15) is 0 Å². The van der Waals surface area contributed by atoms with Crippen LogP contribution in [0.25, 0.3) is 11.1 Å². The molecule has 4 aromatic rings. The minimum atomic E-state index is 0.793. The van der Waals surface area contributed by atoms with Gasteiger partial charge >= 0.3 is 0 Å². The van der Waals surface area contributed by atoms with Crippen LogP contribution in [0.15, 0.2) is 109 Å². The smallest absolute Gasteiger partial charge is 0.0249 e. The Bertz CT molecular complexity index is 1730. The molecule has 0 fully saturated rings. The molecule has 40 heavy (non-hydrogen) atoms. The third-order valence-corrected chi connectivity index (χ3v) is 5.98. The quantitative estimate of drug-likeness (QED) is 0.206. The van der Waals surface area contributed by atoms with Crippen LogP contribution in [-0.4, -0.2) is 0 Å². The van der Waals surface area contributed by atoms with Gasteiger partial charge in [0.15, 0.2) is 0 Å². The summed E-state index contributed by atoms with van der Waals surface area (Å²) < 4.78 is 0. The summed E-state index contributed by atoms with van der Waals surface area (Å²) >= 11 is 0. The molecule has 0 aromatic heterocycles. The molecular weight excluding hydrogens is 480 g/mol. The molecule has 0 heterocycles. The Morgan fingerprint density at radius 2 is 0.625 bits per heavy atom. The van der Waals surface area contributed by atoms with Crippen LogP contribution in [-0.2, 0) is 0 Å². The van der Waals surface area contributed by atoms with Crippen molar-refractivity contribution in [1.29, 1.82) is 0 Å². The number of allylic oxidation sites excluding steroid dienone is 4. The van der Waals surface area contributed by atoms with Crippen LogP contribution in [0.2, 0.25) is 0 Å². The molecule has 0 amide bonds. The van der Waals surface area contributed by atoms with Crippen molar-refractivity contribution in [3.8, 4) is 73.1 Å². The molecule has 0 saturated heterocycles. The molecule has 182 valence electrons. The van der Waals surface area contributed by atoms with Gasteiger partial charge in [0.1, 0.15) is 0 Å². The average molecular weight is 503 g/mol. The normalized spacial score (nSPS) is 10.3. The zero-order chi connectivity index (χ0) is 28.2. The second-order valence-corrected chi connectivity index (χ2v) is 8.54. The molecule has 0 aliphatic rings. The molecule has 0 bridgehead atoms. The molecule has 0 radical (unpaired) electrons. The van der Waals surface area contributed by atoms with Gasteiger partial charge in [-0.2, -0.15) is 0 Å². The van der Waals surface area contributed by atoms with Gasteiger partial charge in [-0.25, -0.2) is 0 Å². The molecule has 0 aliphatic heterocycles. The summed E-state index contributed by atoms with van der Waals surface area (Å²) in [5, 5.41) is 0. The summed E-state index contributed by atoms with van der Waals surface area (Å²) in [5.74, 6) is 23.4. The molecule has 4 rings (SSSR count). The van der Waals surface area contributed by atoms with E-state index in [0.29, 0.717) is 0 Å². The Morgan fingerprint density at radius 1 is 0.375 bits per heavy atom. The predicted molar refractivity (Wildman–Crippen MR) is 167 cm³/mol. The van der Waals surface area contributed by atoms with Crippen LogP contribution < -0.4 is 0 Å². The van der Waals surface area contributed by atoms with Gasteiger partial charge < -0.3 is 0 Å². The fourth-order valence-corrected chi connectivity index (χ4v) is 3.81. The van der Waals surface area contributed by atoms with Gasteiger partial charge in [-0.3, -0.25) is 0 Å². The Morgan fingerprint density at radius 3 is 0.900 bits per heavy atom. The lowest BCUT2D eigenvalue weighted by Gasteiger charge is -2.12. The first-order valence-corrected chi connectivity index (χ1v) is 12.3. The van der Waals surface area contributed by atoms with Gasteiger partial charge in [0.2, 0.25) is 0 Å². The highest BCUT2D eigenvalue weighted by Crippen LogP contribution is 2.31. The van der Waals surface area contributed by atoms with Gasteiger partial charge in [-0.1, -0.05) is 71.6 Å². The minimum absolute atomic E-state index is 0.793. The lowest BCUT2D eigenvalue weighted by atomic mass is 9.90. The van der Waals surface area contributed by atoms with E-state index in [1.54, 1.807) is 0 Å². The van der Waals surface area contributed by atoms with Crippen LogP contribution in [0, 0.1) is 73.1 Å². The standard InChI is InChI=1S/C40H22/c1-5-31-15-19-35(20-16-31)11-9-13-39(37-27-23-33(7-3)24-28-37)40(38-29-25-34(8-4)26-30-38)14-10-12-36-21-17-32(6-2)18-22-36/h1-4,13-30H/b39-13+,40-14+. The van der Waals surface area contributed by atoms with Crippen LogP contribution in [0.5, 0.6) is 0 Å². The van der Waals surface area contributed by atoms with Crippen molar-refractivity contribution in [2.45, 2.75) is 0 Å². The van der Waals surface area contributed by atoms with E-state index >= 15 is 0 Å². The van der Waals surface area contributed by atoms with E-state index in [1.807, 2.05) is 109 Å². The van der Waals surface area contributed by atoms with Crippen molar-refractivity contribution in [2.24, 2.45) is 0 Å². The van der Waals surface area contributed by atoms with E-state index in [4.69, 9.17) is 25.7 Å². The van der Waals surface area contributed by atoms with Crippen LogP contribution >= 0.6 is 0 Å². The summed E-state index contributed by atoms with van der Waals surface area (Å²) in [4.78, 5) is 0. The number of benzene rings is 4. The summed E-state index contributed by atoms with van der Waals surface area (Å²) in [6.45, 7) is 0. The SMILES string of the molecule is C#Cc1ccc(C#C/C=C(/C(=C/C#Cc2ccc(C#C)cc2)c2ccc(C#C)cc2)c2ccc(C#C)cc2)cc1. The molecule has 0 unspecified atom stereocenters. The van der Waals surface area contributed by atoms with E-state index in [1.165, 1.54) is 0 Å². The molecule has 0 atom stereocenters. The second kappa shape index (κ2) is 13.3. The average Bonchev–Trinajstić information content (AvgIpc) is 3.02. The number of rotatable bonds is 3. The highest BCUT2D eigenvalue weighted by atomic mass is 14.1. The van der Waals surface area contributed by atoms with Crippen molar-refractivity contribution in [2.75, 3.05) is 0 Å².